The zero-order valence-corrected chi connectivity index (χ0v) is 13.2. The van der Waals surface area contributed by atoms with E-state index in [0.717, 1.165) is 12.0 Å². The predicted octanol–water partition coefficient (Wildman–Crippen LogP) is 2.51. The molecule has 0 aromatic heterocycles. The largest absolute Gasteiger partial charge is 0.377 e. The topological polar surface area (TPSA) is 65.4 Å². The van der Waals surface area contributed by atoms with Crippen LogP contribution in [0.15, 0.2) is 24.3 Å². The van der Waals surface area contributed by atoms with Crippen molar-refractivity contribution in [2.24, 2.45) is 5.92 Å². The average Bonchev–Trinajstić information content (AvgIpc) is 2.53. The number of carbonyl (C=O) groups is 1. The van der Waals surface area contributed by atoms with Crippen molar-refractivity contribution in [2.45, 2.75) is 32.9 Å². The van der Waals surface area contributed by atoms with Gasteiger partial charge in [0.2, 0.25) is 0 Å². The molecule has 1 N–H and O–H groups in total. The quantitative estimate of drug-likeness (QED) is 0.929. The molecule has 1 aromatic carbocycles. The van der Waals surface area contributed by atoms with E-state index in [1.807, 2.05) is 17.0 Å². The molecule has 0 spiro atoms. The molecule has 1 aromatic rings. The zero-order valence-electron chi connectivity index (χ0n) is 13.2. The van der Waals surface area contributed by atoms with Gasteiger partial charge in [-0.25, -0.2) is 4.79 Å². The van der Waals surface area contributed by atoms with Gasteiger partial charge in [-0.15, -0.1) is 0 Å². The summed E-state index contributed by atoms with van der Waals surface area (Å²) in [6.07, 6.45) is 0.942. The molecule has 0 radical (unpaired) electrons. The van der Waals surface area contributed by atoms with Crippen LogP contribution in [0, 0.1) is 17.2 Å². The summed E-state index contributed by atoms with van der Waals surface area (Å²) in [5.41, 5.74) is 1.54. The van der Waals surface area contributed by atoms with Crippen LogP contribution < -0.4 is 5.32 Å². The molecule has 0 aliphatic carbocycles. The van der Waals surface area contributed by atoms with Crippen LogP contribution in [0.1, 0.15) is 31.4 Å². The van der Waals surface area contributed by atoms with Crippen molar-refractivity contribution >= 4 is 6.03 Å². The van der Waals surface area contributed by atoms with Gasteiger partial charge in [0.25, 0.3) is 0 Å². The second-order valence-electron chi connectivity index (χ2n) is 6.02. The summed E-state index contributed by atoms with van der Waals surface area (Å²) in [5.74, 6) is 0.523. The van der Waals surface area contributed by atoms with Gasteiger partial charge in [0.15, 0.2) is 0 Å². The van der Waals surface area contributed by atoms with Crippen LogP contribution in [-0.2, 0) is 11.3 Å². The van der Waals surface area contributed by atoms with E-state index in [0.29, 0.717) is 37.8 Å². The molecule has 1 heterocycles. The fourth-order valence-corrected chi connectivity index (χ4v) is 2.69. The fraction of sp³-hybridized carbons (Fsp3) is 0.529. The Balaban J connectivity index is 1.93. The minimum Gasteiger partial charge on any atom is -0.377 e. The first-order chi connectivity index (χ1) is 10.6. The Bertz CT molecular complexity index is 551. The standard InChI is InChI=1S/C17H23N3O2/c1-13(2)8-16-12-22-7-6-20(16)17(21)19-11-15-5-3-4-14(9-15)10-18/h3-5,9,13,16H,6-8,11-12H2,1-2H3,(H,19,21). The molecule has 2 rings (SSSR count). The lowest BCUT2D eigenvalue weighted by Crippen LogP contribution is -2.52. The molecule has 1 saturated heterocycles. The SMILES string of the molecule is CC(C)CC1COCCN1C(=O)NCc1cccc(C#N)c1. The number of benzene rings is 1. The number of nitrogens with zero attached hydrogens (tertiary/aromatic N) is 2. The average molecular weight is 301 g/mol. The van der Waals surface area contributed by atoms with E-state index >= 15 is 0 Å². The van der Waals surface area contributed by atoms with Crippen LogP contribution in [0.25, 0.3) is 0 Å². The molecule has 1 aliphatic heterocycles. The first kappa shape index (κ1) is 16.3. The van der Waals surface area contributed by atoms with Gasteiger partial charge in [-0.2, -0.15) is 5.26 Å². The highest BCUT2D eigenvalue weighted by Gasteiger charge is 2.27. The molecular weight excluding hydrogens is 278 g/mol. The summed E-state index contributed by atoms with van der Waals surface area (Å²) in [4.78, 5) is 14.3. The third-order valence-corrected chi connectivity index (χ3v) is 3.73. The maximum atomic E-state index is 12.4. The Morgan fingerprint density at radius 3 is 3.09 bits per heavy atom. The molecule has 5 heteroatoms. The minimum atomic E-state index is -0.0590. The molecule has 1 atom stereocenters. The highest BCUT2D eigenvalue weighted by Crippen LogP contribution is 2.16. The molecule has 22 heavy (non-hydrogen) atoms. The van der Waals surface area contributed by atoms with E-state index in [-0.39, 0.29) is 12.1 Å². The summed E-state index contributed by atoms with van der Waals surface area (Å²) in [7, 11) is 0. The number of nitriles is 1. The van der Waals surface area contributed by atoms with Crippen molar-refractivity contribution < 1.29 is 9.53 Å². The van der Waals surface area contributed by atoms with Gasteiger partial charge in [-0.1, -0.05) is 26.0 Å². The van der Waals surface area contributed by atoms with Crippen molar-refractivity contribution in [3.8, 4) is 6.07 Å². The lowest BCUT2D eigenvalue weighted by Gasteiger charge is -2.36. The van der Waals surface area contributed by atoms with Crippen LogP contribution in [0.5, 0.6) is 0 Å². The van der Waals surface area contributed by atoms with Gasteiger partial charge in [-0.3, -0.25) is 0 Å². The van der Waals surface area contributed by atoms with Gasteiger partial charge in [0, 0.05) is 13.1 Å². The van der Waals surface area contributed by atoms with E-state index in [9.17, 15) is 4.79 Å². The van der Waals surface area contributed by atoms with Crippen LogP contribution in [0.3, 0.4) is 0 Å². The van der Waals surface area contributed by atoms with E-state index in [2.05, 4.69) is 25.2 Å². The minimum absolute atomic E-state index is 0.0590. The lowest BCUT2D eigenvalue weighted by molar-refractivity contribution is 0.00551. The Morgan fingerprint density at radius 1 is 1.55 bits per heavy atom. The van der Waals surface area contributed by atoms with Gasteiger partial charge >= 0.3 is 6.03 Å². The molecule has 0 saturated carbocycles. The molecule has 0 bridgehead atoms. The second-order valence-corrected chi connectivity index (χ2v) is 6.02. The highest BCUT2D eigenvalue weighted by molar-refractivity contribution is 5.74. The van der Waals surface area contributed by atoms with E-state index in [1.54, 1.807) is 12.1 Å². The number of hydrogen-bond acceptors (Lipinski definition) is 3. The molecule has 1 aliphatic rings. The Hall–Kier alpha value is -2.06. The van der Waals surface area contributed by atoms with Gasteiger partial charge in [0.05, 0.1) is 30.9 Å². The Kier molecular flexibility index (Phi) is 5.79. The number of nitrogens with one attached hydrogen (secondary N) is 1. The Morgan fingerprint density at radius 2 is 2.36 bits per heavy atom. The molecule has 118 valence electrons. The highest BCUT2D eigenvalue weighted by atomic mass is 16.5. The third kappa shape index (κ3) is 4.47. The van der Waals surface area contributed by atoms with Crippen LogP contribution >= 0.6 is 0 Å². The zero-order chi connectivity index (χ0) is 15.9. The van der Waals surface area contributed by atoms with Crippen molar-refractivity contribution in [1.29, 1.82) is 5.26 Å². The monoisotopic (exact) mass is 301 g/mol. The first-order valence-corrected chi connectivity index (χ1v) is 7.71. The number of morpholine rings is 1. The molecule has 1 fully saturated rings. The van der Waals surface area contributed by atoms with Crippen molar-refractivity contribution in [1.82, 2.24) is 10.2 Å². The van der Waals surface area contributed by atoms with E-state index in [4.69, 9.17) is 10.00 Å². The molecule has 1 unspecified atom stereocenters. The maximum Gasteiger partial charge on any atom is 0.318 e. The smallest absolute Gasteiger partial charge is 0.318 e. The lowest BCUT2D eigenvalue weighted by atomic mass is 10.0. The number of hydrogen-bond donors (Lipinski definition) is 1. The van der Waals surface area contributed by atoms with E-state index in [1.165, 1.54) is 0 Å². The van der Waals surface area contributed by atoms with Crippen molar-refractivity contribution in [3.63, 3.8) is 0 Å². The van der Waals surface area contributed by atoms with Crippen LogP contribution in [0.4, 0.5) is 4.79 Å². The van der Waals surface area contributed by atoms with Gasteiger partial charge < -0.3 is 15.0 Å². The molecule has 2 amide bonds. The van der Waals surface area contributed by atoms with Gasteiger partial charge in [0.1, 0.15) is 0 Å². The summed E-state index contributed by atoms with van der Waals surface area (Å²) in [6, 6.07) is 9.48. The summed E-state index contributed by atoms with van der Waals surface area (Å²) < 4.78 is 5.50. The van der Waals surface area contributed by atoms with Crippen LogP contribution in [0.2, 0.25) is 0 Å². The molecule has 5 nitrogen and oxygen atoms in total. The van der Waals surface area contributed by atoms with Crippen molar-refractivity contribution in [2.75, 3.05) is 19.8 Å². The molecular formula is C17H23N3O2. The van der Waals surface area contributed by atoms with Gasteiger partial charge in [-0.05, 0) is 30.0 Å². The predicted molar refractivity (Wildman–Crippen MR) is 84.2 cm³/mol. The number of carbonyl (C=O) groups excluding carboxylic acids is 1. The summed E-state index contributed by atoms with van der Waals surface area (Å²) in [6.45, 7) is 6.55. The third-order valence-electron chi connectivity index (χ3n) is 3.73. The number of amides is 2. The summed E-state index contributed by atoms with van der Waals surface area (Å²) in [5, 5.41) is 11.8. The summed E-state index contributed by atoms with van der Waals surface area (Å²) >= 11 is 0. The first-order valence-electron chi connectivity index (χ1n) is 7.71. The van der Waals surface area contributed by atoms with Crippen molar-refractivity contribution in [3.05, 3.63) is 35.4 Å². The fourth-order valence-electron chi connectivity index (χ4n) is 2.69. The maximum absolute atomic E-state index is 12.4. The number of rotatable bonds is 4. The number of urea groups is 1. The Labute approximate surface area is 131 Å². The van der Waals surface area contributed by atoms with Crippen LogP contribution in [-0.4, -0.2) is 36.7 Å². The number of ether oxygens (including phenoxy) is 1. The second kappa shape index (κ2) is 7.81. The van der Waals surface area contributed by atoms with E-state index < -0.39 is 0 Å². The normalized spacial score (nSPS) is 18.1.